The fourth-order valence-corrected chi connectivity index (χ4v) is 2.73. The topological polar surface area (TPSA) is 52.9 Å². The number of carbonyl (C=O) groups is 1. The number of benzene rings is 2. The summed E-state index contributed by atoms with van der Waals surface area (Å²) in [7, 11) is 0. The van der Waals surface area contributed by atoms with Crippen molar-refractivity contribution in [2.75, 3.05) is 11.4 Å². The molecule has 2 aromatic carbocycles. The maximum absolute atomic E-state index is 12.7. The molecule has 0 amide bonds. The lowest BCUT2D eigenvalue weighted by molar-refractivity contribution is 0.103. The predicted octanol–water partition coefficient (Wildman–Crippen LogP) is 4.44. The van der Waals surface area contributed by atoms with Crippen LogP contribution < -0.4 is 4.90 Å². The maximum atomic E-state index is 12.7. The number of allylic oxidation sites excluding steroid dienone is 1. The molecule has 5 heteroatoms. The van der Waals surface area contributed by atoms with Crippen molar-refractivity contribution in [3.8, 4) is 5.75 Å². The Hall–Kier alpha value is -2.59. The summed E-state index contributed by atoms with van der Waals surface area (Å²) in [5.41, 5.74) is 2.41. The molecule has 0 saturated heterocycles. The number of ketones is 1. The van der Waals surface area contributed by atoms with Gasteiger partial charge in [-0.1, -0.05) is 41.9 Å². The minimum Gasteiger partial charge on any atom is -0.506 e. The van der Waals surface area contributed by atoms with Crippen LogP contribution in [0.25, 0.3) is 0 Å². The Morgan fingerprint density at radius 1 is 1.21 bits per heavy atom. The second-order valence-electron chi connectivity index (χ2n) is 5.63. The first-order chi connectivity index (χ1) is 11.5. The van der Waals surface area contributed by atoms with Gasteiger partial charge in [-0.25, -0.2) is 0 Å². The first kappa shape index (κ1) is 16.3. The highest BCUT2D eigenvalue weighted by atomic mass is 35.5. The summed E-state index contributed by atoms with van der Waals surface area (Å²) in [6.07, 6.45) is 2.39. The standard InChI is InChI=1S/C19H17ClN2O2/c1-13-9-10-22(17-8-7-15(20)11-18(17)23)12-16(21-13)19(24)14-5-3-2-4-6-14/h2-8,11-12,23H,9-10H2,1H3. The van der Waals surface area contributed by atoms with Crippen molar-refractivity contribution in [2.24, 2.45) is 4.99 Å². The van der Waals surface area contributed by atoms with E-state index >= 15 is 0 Å². The number of rotatable bonds is 3. The molecule has 122 valence electrons. The number of aliphatic imine (C=N–C) groups is 1. The van der Waals surface area contributed by atoms with Gasteiger partial charge in [0.05, 0.1) is 5.69 Å². The number of hydrogen-bond donors (Lipinski definition) is 1. The van der Waals surface area contributed by atoms with Crippen LogP contribution in [0.1, 0.15) is 23.7 Å². The van der Waals surface area contributed by atoms with Gasteiger partial charge in [-0.15, -0.1) is 0 Å². The van der Waals surface area contributed by atoms with Gasteiger partial charge in [0.1, 0.15) is 11.4 Å². The molecule has 4 nitrogen and oxygen atoms in total. The molecule has 1 N–H and O–H groups in total. The lowest BCUT2D eigenvalue weighted by Crippen LogP contribution is -2.19. The Morgan fingerprint density at radius 3 is 2.67 bits per heavy atom. The largest absolute Gasteiger partial charge is 0.506 e. The fourth-order valence-electron chi connectivity index (χ4n) is 2.56. The van der Waals surface area contributed by atoms with E-state index in [9.17, 15) is 9.90 Å². The number of nitrogens with zero attached hydrogens (tertiary/aromatic N) is 2. The molecule has 0 unspecified atom stereocenters. The number of phenols is 1. The van der Waals surface area contributed by atoms with Gasteiger partial charge in [-0.05, 0) is 19.1 Å². The van der Waals surface area contributed by atoms with Crippen molar-refractivity contribution in [1.29, 1.82) is 0 Å². The van der Waals surface area contributed by atoms with E-state index < -0.39 is 0 Å². The third-order valence-corrected chi connectivity index (χ3v) is 4.05. The van der Waals surface area contributed by atoms with Gasteiger partial charge in [-0.2, -0.15) is 0 Å². The molecule has 2 aromatic rings. The average molecular weight is 341 g/mol. The number of hydrogen-bond acceptors (Lipinski definition) is 4. The number of phenolic OH excluding ortho intramolecular Hbond substituents is 1. The quantitative estimate of drug-likeness (QED) is 0.840. The van der Waals surface area contributed by atoms with E-state index in [0.717, 1.165) is 5.71 Å². The van der Waals surface area contributed by atoms with E-state index in [2.05, 4.69) is 4.99 Å². The maximum Gasteiger partial charge on any atom is 0.212 e. The van der Waals surface area contributed by atoms with E-state index in [0.29, 0.717) is 34.9 Å². The third kappa shape index (κ3) is 3.49. The highest BCUT2D eigenvalue weighted by Crippen LogP contribution is 2.32. The normalized spacial score (nSPS) is 14.7. The number of aromatic hydroxyl groups is 1. The van der Waals surface area contributed by atoms with Crippen molar-refractivity contribution < 1.29 is 9.90 Å². The van der Waals surface area contributed by atoms with Gasteiger partial charge in [0.2, 0.25) is 5.78 Å². The molecule has 1 heterocycles. The molecule has 0 bridgehead atoms. The molecule has 3 rings (SSSR count). The second kappa shape index (κ2) is 6.89. The van der Waals surface area contributed by atoms with Gasteiger partial charge in [0, 0.05) is 41.5 Å². The summed E-state index contributed by atoms with van der Waals surface area (Å²) < 4.78 is 0. The van der Waals surface area contributed by atoms with Crippen LogP contribution in [0.5, 0.6) is 5.75 Å². The van der Waals surface area contributed by atoms with Crippen LogP contribution in [0.4, 0.5) is 5.69 Å². The number of carbonyl (C=O) groups excluding carboxylic acids is 1. The molecule has 0 spiro atoms. The summed E-state index contributed by atoms with van der Waals surface area (Å²) in [5.74, 6) is -0.0693. The highest BCUT2D eigenvalue weighted by Gasteiger charge is 2.19. The molecule has 0 saturated carbocycles. The molecule has 1 aliphatic heterocycles. The van der Waals surface area contributed by atoms with E-state index in [-0.39, 0.29) is 11.5 Å². The monoisotopic (exact) mass is 340 g/mol. The average Bonchev–Trinajstić information content (AvgIpc) is 2.77. The van der Waals surface area contributed by atoms with E-state index in [1.54, 1.807) is 30.5 Å². The van der Waals surface area contributed by atoms with Crippen LogP contribution in [0, 0.1) is 0 Å². The first-order valence-corrected chi connectivity index (χ1v) is 8.03. The molecule has 24 heavy (non-hydrogen) atoms. The smallest absolute Gasteiger partial charge is 0.212 e. The molecule has 0 aromatic heterocycles. The second-order valence-corrected chi connectivity index (χ2v) is 6.07. The summed E-state index contributed by atoms with van der Waals surface area (Å²) in [5, 5.41) is 10.6. The zero-order valence-corrected chi connectivity index (χ0v) is 14.0. The molecule has 0 aliphatic carbocycles. The molecule has 1 aliphatic rings. The van der Waals surface area contributed by atoms with Gasteiger partial charge in [0.15, 0.2) is 0 Å². The van der Waals surface area contributed by atoms with Crippen LogP contribution in [0.2, 0.25) is 5.02 Å². The molecular formula is C19H17ClN2O2. The Morgan fingerprint density at radius 2 is 1.96 bits per heavy atom. The van der Waals surface area contributed by atoms with Crippen molar-refractivity contribution >= 4 is 28.8 Å². The van der Waals surface area contributed by atoms with Gasteiger partial charge in [0.25, 0.3) is 0 Å². The van der Waals surface area contributed by atoms with E-state index in [1.807, 2.05) is 30.0 Å². The third-order valence-electron chi connectivity index (χ3n) is 3.82. The Labute approximate surface area is 145 Å². The van der Waals surface area contributed by atoms with Crippen molar-refractivity contribution in [1.82, 2.24) is 0 Å². The SMILES string of the molecule is CC1=NC(C(=O)c2ccccc2)=CN(c2ccc(Cl)cc2O)CC1. The zero-order valence-electron chi connectivity index (χ0n) is 13.2. The minimum absolute atomic E-state index is 0.0739. The van der Waals surface area contributed by atoms with Gasteiger partial charge >= 0.3 is 0 Å². The highest BCUT2D eigenvalue weighted by molar-refractivity contribution is 6.30. The number of halogens is 1. The van der Waals surface area contributed by atoms with Crippen LogP contribution in [0.15, 0.2) is 65.4 Å². The van der Waals surface area contributed by atoms with Gasteiger partial charge in [-0.3, -0.25) is 9.79 Å². The summed E-state index contributed by atoms with van der Waals surface area (Å²) in [6.45, 7) is 2.52. The summed E-state index contributed by atoms with van der Waals surface area (Å²) in [6, 6.07) is 14.0. The number of anilines is 1. The molecule has 0 fully saturated rings. The fraction of sp³-hybridized carbons (Fsp3) is 0.158. The van der Waals surface area contributed by atoms with Crippen LogP contribution >= 0.6 is 11.6 Å². The van der Waals surface area contributed by atoms with Crippen molar-refractivity contribution in [2.45, 2.75) is 13.3 Å². The number of Topliss-reactive ketones (excluding diaryl/α,β-unsaturated/α-hetero) is 1. The lowest BCUT2D eigenvalue weighted by Gasteiger charge is -2.20. The van der Waals surface area contributed by atoms with Crippen LogP contribution in [-0.4, -0.2) is 23.1 Å². The van der Waals surface area contributed by atoms with Gasteiger partial charge < -0.3 is 10.0 Å². The lowest BCUT2D eigenvalue weighted by atomic mass is 10.1. The van der Waals surface area contributed by atoms with Crippen molar-refractivity contribution in [3.63, 3.8) is 0 Å². The zero-order chi connectivity index (χ0) is 17.1. The van der Waals surface area contributed by atoms with E-state index in [1.165, 1.54) is 6.07 Å². The first-order valence-electron chi connectivity index (χ1n) is 7.65. The predicted molar refractivity (Wildman–Crippen MR) is 97.0 cm³/mol. The Balaban J connectivity index is 2.00. The summed E-state index contributed by atoms with van der Waals surface area (Å²) >= 11 is 5.90. The minimum atomic E-state index is -0.143. The Bertz CT molecular complexity index is 829. The van der Waals surface area contributed by atoms with Crippen LogP contribution in [-0.2, 0) is 0 Å². The van der Waals surface area contributed by atoms with Crippen LogP contribution in [0.3, 0.4) is 0 Å². The summed E-state index contributed by atoms with van der Waals surface area (Å²) in [4.78, 5) is 19.0. The molecule has 0 radical (unpaired) electrons. The molecular weight excluding hydrogens is 324 g/mol. The van der Waals surface area contributed by atoms with Crippen molar-refractivity contribution in [3.05, 3.63) is 71.0 Å². The Kier molecular flexibility index (Phi) is 4.67. The van der Waals surface area contributed by atoms with E-state index in [4.69, 9.17) is 11.6 Å². The molecule has 0 atom stereocenters.